The Morgan fingerprint density at radius 3 is 3.10 bits per heavy atom. The first-order valence-electron chi connectivity index (χ1n) is 7.25. The third-order valence-corrected chi connectivity index (χ3v) is 3.70. The van der Waals surface area contributed by atoms with Gasteiger partial charge >= 0.3 is 0 Å². The van der Waals surface area contributed by atoms with Gasteiger partial charge in [-0.15, -0.1) is 0 Å². The fraction of sp³-hybridized carbons (Fsp3) is 0.438. The number of benzene rings is 1. The highest BCUT2D eigenvalue weighted by molar-refractivity contribution is 5.46. The Morgan fingerprint density at radius 2 is 2.35 bits per heavy atom. The molecular weight excluding hydrogens is 250 g/mol. The Labute approximate surface area is 119 Å². The van der Waals surface area contributed by atoms with Gasteiger partial charge in [-0.3, -0.25) is 0 Å². The van der Waals surface area contributed by atoms with Gasteiger partial charge in [0.05, 0.1) is 24.7 Å². The lowest BCUT2D eigenvalue weighted by Crippen LogP contribution is -2.24. The van der Waals surface area contributed by atoms with Gasteiger partial charge in [0.15, 0.2) is 0 Å². The zero-order valence-electron chi connectivity index (χ0n) is 12.1. The first-order chi connectivity index (χ1) is 9.79. The molecule has 0 saturated carbocycles. The lowest BCUT2D eigenvalue weighted by molar-refractivity contribution is 0.283. The Morgan fingerprint density at radius 1 is 1.45 bits per heavy atom. The van der Waals surface area contributed by atoms with Crippen molar-refractivity contribution in [1.29, 1.82) is 0 Å². The number of aromatic nitrogens is 2. The fourth-order valence-corrected chi connectivity index (χ4v) is 2.80. The smallest absolute Gasteiger partial charge is 0.127 e. The maximum Gasteiger partial charge on any atom is 0.127 e. The minimum Gasteiger partial charge on any atom is -0.493 e. The number of imidazole rings is 1. The van der Waals surface area contributed by atoms with Crippen LogP contribution >= 0.6 is 0 Å². The second kappa shape index (κ2) is 5.67. The summed E-state index contributed by atoms with van der Waals surface area (Å²) in [6.07, 6.45) is 6.11. The maximum atomic E-state index is 5.94. The van der Waals surface area contributed by atoms with Gasteiger partial charge in [-0.05, 0) is 24.9 Å². The number of aryl methyl sites for hydroxylation is 2. The standard InChI is InChI=1S/C16H21N3O/c1-3-17-15(14-10-19(2)11-18-14)13-8-4-6-12-7-5-9-20-16(12)13/h4,6,8,10-11,15,17H,3,5,7,9H2,1-2H3. The molecule has 1 aliphatic heterocycles. The Balaban J connectivity index is 2.03. The van der Waals surface area contributed by atoms with Gasteiger partial charge in [0.1, 0.15) is 5.75 Å². The predicted molar refractivity (Wildman–Crippen MR) is 79.0 cm³/mol. The van der Waals surface area contributed by atoms with Gasteiger partial charge in [-0.1, -0.05) is 25.1 Å². The summed E-state index contributed by atoms with van der Waals surface area (Å²) >= 11 is 0. The summed E-state index contributed by atoms with van der Waals surface area (Å²) in [6.45, 7) is 3.82. The molecule has 4 heteroatoms. The number of rotatable bonds is 4. The first-order valence-corrected chi connectivity index (χ1v) is 7.25. The third kappa shape index (κ3) is 2.43. The van der Waals surface area contributed by atoms with Crippen molar-refractivity contribution in [1.82, 2.24) is 14.9 Å². The van der Waals surface area contributed by atoms with Crippen LogP contribution in [0.4, 0.5) is 0 Å². The van der Waals surface area contributed by atoms with Gasteiger partial charge in [0, 0.05) is 18.8 Å². The third-order valence-electron chi connectivity index (χ3n) is 3.70. The van der Waals surface area contributed by atoms with E-state index in [0.29, 0.717) is 0 Å². The highest BCUT2D eigenvalue weighted by Gasteiger charge is 2.23. The highest BCUT2D eigenvalue weighted by Crippen LogP contribution is 2.35. The van der Waals surface area contributed by atoms with Gasteiger partial charge in [0.2, 0.25) is 0 Å². The minimum atomic E-state index is 0.0919. The van der Waals surface area contributed by atoms with Crippen molar-refractivity contribution >= 4 is 0 Å². The number of fused-ring (bicyclic) bond motifs is 1. The lowest BCUT2D eigenvalue weighted by Gasteiger charge is -2.24. The molecule has 1 atom stereocenters. The van der Waals surface area contributed by atoms with Crippen LogP contribution in [0, 0.1) is 0 Å². The van der Waals surface area contributed by atoms with Gasteiger partial charge < -0.3 is 14.6 Å². The van der Waals surface area contributed by atoms with E-state index in [1.807, 2.05) is 17.9 Å². The van der Waals surface area contributed by atoms with E-state index in [4.69, 9.17) is 4.74 Å². The summed E-state index contributed by atoms with van der Waals surface area (Å²) in [5.41, 5.74) is 3.55. The summed E-state index contributed by atoms with van der Waals surface area (Å²) in [5.74, 6) is 1.05. The second-order valence-electron chi connectivity index (χ2n) is 5.24. The molecule has 0 radical (unpaired) electrons. The van der Waals surface area contributed by atoms with Crippen molar-refractivity contribution in [2.45, 2.75) is 25.8 Å². The van der Waals surface area contributed by atoms with Gasteiger partial charge in [-0.25, -0.2) is 4.98 Å². The van der Waals surface area contributed by atoms with E-state index in [0.717, 1.165) is 37.4 Å². The monoisotopic (exact) mass is 271 g/mol. The van der Waals surface area contributed by atoms with E-state index in [1.165, 1.54) is 11.1 Å². The van der Waals surface area contributed by atoms with E-state index >= 15 is 0 Å². The van der Waals surface area contributed by atoms with Crippen LogP contribution in [0.5, 0.6) is 5.75 Å². The molecule has 1 aromatic heterocycles. The molecule has 0 saturated heterocycles. The molecular formula is C16H21N3O. The second-order valence-corrected chi connectivity index (χ2v) is 5.24. The molecule has 2 heterocycles. The fourth-order valence-electron chi connectivity index (χ4n) is 2.80. The van der Waals surface area contributed by atoms with Crippen molar-refractivity contribution in [3.05, 3.63) is 47.5 Å². The molecule has 2 aromatic rings. The molecule has 0 amide bonds. The van der Waals surface area contributed by atoms with Crippen LogP contribution in [0.3, 0.4) is 0 Å². The van der Waals surface area contributed by atoms with Crippen LogP contribution in [-0.4, -0.2) is 22.7 Å². The molecule has 0 bridgehead atoms. The lowest BCUT2D eigenvalue weighted by atomic mass is 9.96. The maximum absolute atomic E-state index is 5.94. The Hall–Kier alpha value is -1.81. The Kier molecular flexibility index (Phi) is 3.74. The summed E-state index contributed by atoms with van der Waals surface area (Å²) in [6, 6.07) is 6.52. The van der Waals surface area contributed by atoms with Crippen LogP contribution in [0.25, 0.3) is 0 Å². The summed E-state index contributed by atoms with van der Waals surface area (Å²) < 4.78 is 7.92. The van der Waals surface area contributed by atoms with Crippen LogP contribution in [0.15, 0.2) is 30.7 Å². The SMILES string of the molecule is CCNC(c1cn(C)cn1)c1cccc2c1OCCC2. The average molecular weight is 271 g/mol. The number of ether oxygens (including phenoxy) is 1. The number of nitrogens with one attached hydrogen (secondary N) is 1. The molecule has 106 valence electrons. The highest BCUT2D eigenvalue weighted by atomic mass is 16.5. The molecule has 4 nitrogen and oxygen atoms in total. The van der Waals surface area contributed by atoms with Crippen molar-refractivity contribution in [2.75, 3.05) is 13.2 Å². The van der Waals surface area contributed by atoms with E-state index < -0.39 is 0 Å². The molecule has 0 fully saturated rings. The summed E-state index contributed by atoms with van der Waals surface area (Å²) in [7, 11) is 2.00. The number of hydrogen-bond acceptors (Lipinski definition) is 3. The number of nitrogens with zero attached hydrogens (tertiary/aromatic N) is 2. The van der Waals surface area contributed by atoms with E-state index in [9.17, 15) is 0 Å². The van der Waals surface area contributed by atoms with Gasteiger partial charge in [-0.2, -0.15) is 0 Å². The van der Waals surface area contributed by atoms with Gasteiger partial charge in [0.25, 0.3) is 0 Å². The van der Waals surface area contributed by atoms with Crippen LogP contribution in [0.2, 0.25) is 0 Å². The molecule has 3 rings (SSSR count). The van der Waals surface area contributed by atoms with Crippen LogP contribution in [-0.2, 0) is 13.5 Å². The first kappa shape index (κ1) is 13.2. The molecule has 20 heavy (non-hydrogen) atoms. The zero-order valence-corrected chi connectivity index (χ0v) is 12.1. The molecule has 1 aromatic carbocycles. The number of hydrogen-bond donors (Lipinski definition) is 1. The molecule has 1 aliphatic rings. The molecule has 0 aliphatic carbocycles. The molecule has 1 N–H and O–H groups in total. The molecule has 0 spiro atoms. The normalized spacial score (nSPS) is 15.5. The summed E-state index contributed by atoms with van der Waals surface area (Å²) in [5, 5.41) is 3.52. The average Bonchev–Trinajstić information content (AvgIpc) is 2.91. The van der Waals surface area contributed by atoms with Crippen molar-refractivity contribution in [3.63, 3.8) is 0 Å². The van der Waals surface area contributed by atoms with Crippen molar-refractivity contribution in [3.8, 4) is 5.75 Å². The zero-order chi connectivity index (χ0) is 13.9. The van der Waals surface area contributed by atoms with E-state index in [2.05, 4.69) is 41.6 Å². The van der Waals surface area contributed by atoms with Crippen molar-refractivity contribution in [2.24, 2.45) is 7.05 Å². The quantitative estimate of drug-likeness (QED) is 0.928. The van der Waals surface area contributed by atoms with Crippen LogP contribution < -0.4 is 10.1 Å². The van der Waals surface area contributed by atoms with Crippen molar-refractivity contribution < 1.29 is 4.74 Å². The predicted octanol–water partition coefficient (Wildman–Crippen LogP) is 2.44. The van der Waals surface area contributed by atoms with E-state index in [1.54, 1.807) is 0 Å². The summed E-state index contributed by atoms with van der Waals surface area (Å²) in [4.78, 5) is 4.50. The Bertz CT molecular complexity index is 591. The topological polar surface area (TPSA) is 39.1 Å². The largest absolute Gasteiger partial charge is 0.493 e. The van der Waals surface area contributed by atoms with Crippen LogP contribution in [0.1, 0.15) is 36.2 Å². The molecule has 1 unspecified atom stereocenters. The number of para-hydroxylation sites is 1. The van der Waals surface area contributed by atoms with E-state index in [-0.39, 0.29) is 6.04 Å². The minimum absolute atomic E-state index is 0.0919.